The number of aromatic nitrogens is 2. The van der Waals surface area contributed by atoms with E-state index in [0.717, 1.165) is 25.7 Å². The number of hydrogen-bond acceptors (Lipinski definition) is 6. The number of hydrogen-bond donors (Lipinski definition) is 1. The lowest BCUT2D eigenvalue weighted by molar-refractivity contribution is -0.129. The molecule has 20 heavy (non-hydrogen) atoms. The first-order chi connectivity index (χ1) is 9.49. The van der Waals surface area contributed by atoms with Crippen molar-refractivity contribution in [3.05, 3.63) is 11.7 Å². The first-order valence-electron chi connectivity index (χ1n) is 6.86. The third-order valence-corrected chi connectivity index (χ3v) is 4.19. The molecule has 0 saturated heterocycles. The van der Waals surface area contributed by atoms with Crippen LogP contribution in [-0.4, -0.2) is 40.6 Å². The van der Waals surface area contributed by atoms with Gasteiger partial charge in [-0.1, -0.05) is 18.0 Å². The number of likely N-dealkylation sites (N-methyl/N-ethyl adjacent to an activating group) is 1. The summed E-state index contributed by atoms with van der Waals surface area (Å²) in [5.74, 6) is 0.705. The highest BCUT2D eigenvalue weighted by Gasteiger charge is 2.43. The molecule has 1 fully saturated rings. The highest BCUT2D eigenvalue weighted by molar-refractivity contribution is 5.84. The molecule has 1 atom stereocenters. The molecule has 1 aliphatic carbocycles. The topological polar surface area (TPSA) is 94.5 Å². The Bertz CT molecular complexity index is 468. The normalized spacial score (nSPS) is 19.4. The molecule has 1 aromatic rings. The number of amides is 1. The van der Waals surface area contributed by atoms with Gasteiger partial charge in [0.05, 0.1) is 6.54 Å². The van der Waals surface area contributed by atoms with Crippen molar-refractivity contribution in [3.8, 4) is 0 Å². The summed E-state index contributed by atoms with van der Waals surface area (Å²) in [5, 5.41) is 3.88. The zero-order valence-electron chi connectivity index (χ0n) is 12.3. The molecule has 112 valence electrons. The van der Waals surface area contributed by atoms with Gasteiger partial charge in [0, 0.05) is 7.11 Å². The summed E-state index contributed by atoms with van der Waals surface area (Å²) in [6, 6.07) is 0. The largest absolute Gasteiger partial charge is 0.374 e. The Labute approximate surface area is 118 Å². The van der Waals surface area contributed by atoms with E-state index in [1.54, 1.807) is 7.11 Å². The highest BCUT2D eigenvalue weighted by Crippen LogP contribution is 2.35. The van der Waals surface area contributed by atoms with E-state index in [1.807, 2.05) is 18.9 Å². The summed E-state index contributed by atoms with van der Waals surface area (Å²) in [7, 11) is 3.47. The molecule has 1 aliphatic rings. The van der Waals surface area contributed by atoms with E-state index in [-0.39, 0.29) is 12.0 Å². The van der Waals surface area contributed by atoms with Crippen LogP contribution in [0.5, 0.6) is 0 Å². The Morgan fingerprint density at radius 2 is 2.20 bits per heavy atom. The standard InChI is InChI=1S/C13H22N4O3/c1-9(19-3)11-15-10(20-16-11)8-17(2)13(12(14)18)6-4-5-7-13/h9H,4-8H2,1-3H3,(H2,14,18). The molecule has 1 amide bonds. The van der Waals surface area contributed by atoms with Crippen LogP contribution in [0.2, 0.25) is 0 Å². The monoisotopic (exact) mass is 282 g/mol. The highest BCUT2D eigenvalue weighted by atomic mass is 16.5. The van der Waals surface area contributed by atoms with E-state index in [1.165, 1.54) is 0 Å². The van der Waals surface area contributed by atoms with Gasteiger partial charge in [0.1, 0.15) is 11.6 Å². The Morgan fingerprint density at radius 3 is 2.75 bits per heavy atom. The molecule has 1 aromatic heterocycles. The van der Waals surface area contributed by atoms with Crippen molar-refractivity contribution in [1.82, 2.24) is 15.0 Å². The SMILES string of the molecule is COC(C)c1noc(CN(C)C2(C(N)=O)CCCC2)n1. The molecule has 2 rings (SSSR count). The van der Waals surface area contributed by atoms with Crippen molar-refractivity contribution in [1.29, 1.82) is 0 Å². The minimum absolute atomic E-state index is 0.214. The van der Waals surface area contributed by atoms with Gasteiger partial charge < -0.3 is 15.0 Å². The predicted molar refractivity (Wildman–Crippen MR) is 71.6 cm³/mol. The molecule has 0 bridgehead atoms. The minimum Gasteiger partial charge on any atom is -0.374 e. The van der Waals surface area contributed by atoms with Gasteiger partial charge in [-0.05, 0) is 26.8 Å². The number of nitrogens with two attached hydrogens (primary N) is 1. The lowest BCUT2D eigenvalue weighted by atomic mass is 9.95. The lowest BCUT2D eigenvalue weighted by Gasteiger charge is -2.34. The lowest BCUT2D eigenvalue weighted by Crippen LogP contribution is -2.53. The van der Waals surface area contributed by atoms with E-state index in [0.29, 0.717) is 18.3 Å². The Hall–Kier alpha value is -1.47. The summed E-state index contributed by atoms with van der Waals surface area (Å²) in [5.41, 5.74) is 5.01. The van der Waals surface area contributed by atoms with Crippen molar-refractivity contribution >= 4 is 5.91 Å². The molecule has 0 radical (unpaired) electrons. The Kier molecular flexibility index (Phi) is 4.39. The van der Waals surface area contributed by atoms with Crippen LogP contribution in [0.3, 0.4) is 0 Å². The summed E-state index contributed by atoms with van der Waals surface area (Å²) in [4.78, 5) is 18.0. The first-order valence-corrected chi connectivity index (χ1v) is 6.86. The molecule has 1 heterocycles. The summed E-state index contributed by atoms with van der Waals surface area (Å²) < 4.78 is 10.3. The van der Waals surface area contributed by atoms with Gasteiger partial charge in [-0.3, -0.25) is 9.69 Å². The van der Waals surface area contributed by atoms with Gasteiger partial charge in [-0.15, -0.1) is 0 Å². The number of nitrogens with zero attached hydrogens (tertiary/aromatic N) is 3. The number of ether oxygens (including phenoxy) is 1. The maximum Gasteiger partial charge on any atom is 0.240 e. The second kappa shape index (κ2) is 5.88. The minimum atomic E-state index is -0.582. The van der Waals surface area contributed by atoms with Crippen LogP contribution < -0.4 is 5.73 Å². The second-order valence-electron chi connectivity index (χ2n) is 5.38. The molecular weight excluding hydrogens is 260 g/mol. The smallest absolute Gasteiger partial charge is 0.240 e. The Balaban J connectivity index is 2.08. The molecule has 1 unspecified atom stereocenters. The van der Waals surface area contributed by atoms with E-state index >= 15 is 0 Å². The predicted octanol–water partition coefficient (Wildman–Crippen LogP) is 1.01. The van der Waals surface area contributed by atoms with Gasteiger partial charge in [-0.25, -0.2) is 0 Å². The first kappa shape index (κ1) is 14.9. The number of rotatable bonds is 6. The zero-order valence-corrected chi connectivity index (χ0v) is 12.3. The van der Waals surface area contributed by atoms with Gasteiger partial charge in [0.2, 0.25) is 11.8 Å². The van der Waals surface area contributed by atoms with Crippen LogP contribution in [0.4, 0.5) is 0 Å². The summed E-state index contributed by atoms with van der Waals surface area (Å²) in [6.07, 6.45) is 3.39. The summed E-state index contributed by atoms with van der Waals surface area (Å²) >= 11 is 0. The van der Waals surface area contributed by atoms with Crippen molar-refractivity contribution < 1.29 is 14.1 Å². The molecule has 0 aliphatic heterocycles. The average molecular weight is 282 g/mol. The van der Waals surface area contributed by atoms with Crippen LogP contribution in [-0.2, 0) is 16.1 Å². The number of primary amides is 1. The number of carbonyl (C=O) groups excluding carboxylic acids is 1. The van der Waals surface area contributed by atoms with E-state index < -0.39 is 5.54 Å². The van der Waals surface area contributed by atoms with Crippen LogP contribution in [0.1, 0.15) is 50.4 Å². The Morgan fingerprint density at radius 1 is 1.55 bits per heavy atom. The van der Waals surface area contributed by atoms with Crippen LogP contribution in [0, 0.1) is 0 Å². The average Bonchev–Trinajstić information content (AvgIpc) is 3.07. The molecular formula is C13H22N4O3. The zero-order chi connectivity index (χ0) is 14.8. The third kappa shape index (κ3) is 2.69. The molecule has 0 spiro atoms. The van der Waals surface area contributed by atoms with Crippen LogP contribution in [0.15, 0.2) is 4.52 Å². The number of carbonyl (C=O) groups is 1. The van der Waals surface area contributed by atoms with E-state index in [4.69, 9.17) is 15.0 Å². The fraction of sp³-hybridized carbons (Fsp3) is 0.769. The molecule has 0 aromatic carbocycles. The van der Waals surface area contributed by atoms with Crippen LogP contribution in [0.25, 0.3) is 0 Å². The van der Waals surface area contributed by atoms with Gasteiger partial charge in [0.25, 0.3) is 0 Å². The van der Waals surface area contributed by atoms with Crippen molar-refractivity contribution in [2.45, 2.75) is 50.8 Å². The molecule has 7 heteroatoms. The van der Waals surface area contributed by atoms with Crippen molar-refractivity contribution in [3.63, 3.8) is 0 Å². The van der Waals surface area contributed by atoms with E-state index in [9.17, 15) is 4.79 Å². The van der Waals surface area contributed by atoms with Gasteiger partial charge in [-0.2, -0.15) is 4.98 Å². The maximum absolute atomic E-state index is 11.8. The van der Waals surface area contributed by atoms with E-state index in [2.05, 4.69) is 10.1 Å². The van der Waals surface area contributed by atoms with Gasteiger partial charge >= 0.3 is 0 Å². The quantitative estimate of drug-likeness (QED) is 0.836. The van der Waals surface area contributed by atoms with Crippen molar-refractivity contribution in [2.75, 3.05) is 14.2 Å². The molecule has 7 nitrogen and oxygen atoms in total. The number of methoxy groups -OCH3 is 1. The third-order valence-electron chi connectivity index (χ3n) is 4.19. The maximum atomic E-state index is 11.8. The second-order valence-corrected chi connectivity index (χ2v) is 5.38. The molecule has 1 saturated carbocycles. The molecule has 2 N–H and O–H groups in total. The summed E-state index contributed by atoms with van der Waals surface area (Å²) in [6.45, 7) is 2.26. The van der Waals surface area contributed by atoms with Gasteiger partial charge in [0.15, 0.2) is 5.82 Å². The fourth-order valence-corrected chi connectivity index (χ4v) is 2.73. The van der Waals surface area contributed by atoms with Crippen molar-refractivity contribution in [2.24, 2.45) is 5.73 Å². The fourth-order valence-electron chi connectivity index (χ4n) is 2.73. The van der Waals surface area contributed by atoms with Crippen LogP contribution >= 0.6 is 0 Å².